The van der Waals surface area contributed by atoms with E-state index in [0.29, 0.717) is 0 Å². The molecule has 33 heavy (non-hydrogen) atoms. The van der Waals surface area contributed by atoms with Crippen LogP contribution in [-0.2, 0) is 20.2 Å². The molecule has 0 aliphatic carbocycles. The number of nitrogens with zero attached hydrogens (tertiary/aromatic N) is 3. The van der Waals surface area contributed by atoms with Crippen LogP contribution < -0.4 is 5.73 Å². The quantitative estimate of drug-likeness (QED) is 0.595. The number of carboxylic acid groups (broad SMARTS) is 1. The first-order valence-corrected chi connectivity index (χ1v) is 11.1. The predicted molar refractivity (Wildman–Crippen MR) is 106 cm³/mol. The fourth-order valence-electron chi connectivity index (χ4n) is 2.16. The van der Waals surface area contributed by atoms with Gasteiger partial charge in [-0.2, -0.15) is 30.7 Å². The van der Waals surface area contributed by atoms with E-state index in [1.54, 1.807) is 0 Å². The Morgan fingerprint density at radius 2 is 1.64 bits per heavy atom. The third kappa shape index (κ3) is 7.77. The summed E-state index contributed by atoms with van der Waals surface area (Å²) in [7, 11) is -2.94. The molecule has 2 atom stereocenters. The van der Waals surface area contributed by atoms with Gasteiger partial charge in [0, 0.05) is 29.2 Å². The summed E-state index contributed by atoms with van der Waals surface area (Å²) in [6.45, 7) is 5.62. The lowest BCUT2D eigenvalue weighted by atomic mass is 9.89. The van der Waals surface area contributed by atoms with Gasteiger partial charge in [0.2, 0.25) is 0 Å². The standard InChI is InChI=1S/C16H21F3N4O2S.C2HF3O2/c1-14(2,3)12(20)9-26(4,25)21-13(24)10-6-5-7-11(8-10)15(22-23-15)16(17,18)19;3-2(4,5)1(6)7/h5-8,12H,9,20H2,1-4H3;(H,6,7). The third-order valence-electron chi connectivity index (χ3n) is 4.33. The molecule has 0 fully saturated rings. The number of amides is 1. The van der Waals surface area contributed by atoms with Gasteiger partial charge in [-0.05, 0) is 17.5 Å². The van der Waals surface area contributed by atoms with Crippen molar-refractivity contribution in [3.63, 3.8) is 0 Å². The van der Waals surface area contributed by atoms with Crippen LogP contribution in [0.4, 0.5) is 26.3 Å². The molecule has 1 aliphatic rings. The van der Waals surface area contributed by atoms with Crippen LogP contribution in [-0.4, -0.2) is 51.6 Å². The van der Waals surface area contributed by atoms with Crippen LogP contribution >= 0.6 is 0 Å². The first-order valence-electron chi connectivity index (χ1n) is 9.03. The van der Waals surface area contributed by atoms with Crippen molar-refractivity contribution in [2.45, 2.75) is 44.8 Å². The van der Waals surface area contributed by atoms with E-state index in [1.807, 2.05) is 20.8 Å². The van der Waals surface area contributed by atoms with Crippen molar-refractivity contribution in [2.75, 3.05) is 12.0 Å². The van der Waals surface area contributed by atoms with Crippen LogP contribution in [0.3, 0.4) is 0 Å². The highest BCUT2D eigenvalue weighted by atomic mass is 32.2. The molecule has 8 nitrogen and oxygen atoms in total. The smallest absolute Gasteiger partial charge is 0.475 e. The number of hydrogen-bond acceptors (Lipinski definition) is 6. The Morgan fingerprint density at radius 1 is 1.15 bits per heavy atom. The highest BCUT2D eigenvalue weighted by Gasteiger charge is 2.65. The molecular weight excluding hydrogens is 482 g/mol. The van der Waals surface area contributed by atoms with E-state index in [4.69, 9.17) is 15.6 Å². The maximum Gasteiger partial charge on any atom is 0.490 e. The number of rotatable bonds is 4. The second kappa shape index (κ2) is 9.37. The molecular formula is C18H22F6N4O4S. The second-order valence-electron chi connectivity index (χ2n) is 8.25. The predicted octanol–water partition coefficient (Wildman–Crippen LogP) is 4.11. The van der Waals surface area contributed by atoms with Crippen LogP contribution in [0.2, 0.25) is 0 Å². The highest BCUT2D eigenvalue weighted by molar-refractivity contribution is 7.93. The maximum absolute atomic E-state index is 13.1. The van der Waals surface area contributed by atoms with Crippen LogP contribution in [0, 0.1) is 5.41 Å². The summed E-state index contributed by atoms with van der Waals surface area (Å²) in [5, 5.41) is 13.3. The molecule has 186 valence electrons. The van der Waals surface area contributed by atoms with Gasteiger partial charge in [0.05, 0.1) is 9.73 Å². The fraction of sp³-hybridized carbons (Fsp3) is 0.556. The van der Waals surface area contributed by atoms with Gasteiger partial charge in [-0.3, -0.25) is 4.79 Å². The minimum Gasteiger partial charge on any atom is -0.475 e. The Bertz CT molecular complexity index is 1050. The molecule has 0 radical (unpaired) electrons. The van der Waals surface area contributed by atoms with E-state index in [2.05, 4.69) is 14.6 Å². The molecule has 0 saturated heterocycles. The number of halogens is 6. The van der Waals surface area contributed by atoms with Crippen molar-refractivity contribution in [3.05, 3.63) is 35.4 Å². The normalized spacial score (nSPS) is 17.8. The molecule has 0 saturated carbocycles. The summed E-state index contributed by atoms with van der Waals surface area (Å²) in [4.78, 5) is 21.2. The van der Waals surface area contributed by atoms with E-state index in [9.17, 15) is 35.3 Å². The molecule has 0 bridgehead atoms. The molecule has 1 heterocycles. The van der Waals surface area contributed by atoms with Crippen LogP contribution in [0.5, 0.6) is 0 Å². The number of benzene rings is 1. The third-order valence-corrected chi connectivity index (χ3v) is 5.86. The lowest BCUT2D eigenvalue weighted by Gasteiger charge is -2.27. The minimum atomic E-state index is -5.08. The zero-order chi connectivity index (χ0) is 26.0. The Kier molecular flexibility index (Phi) is 8.08. The lowest BCUT2D eigenvalue weighted by Crippen LogP contribution is -2.40. The van der Waals surface area contributed by atoms with Crippen molar-refractivity contribution in [1.29, 1.82) is 0 Å². The molecule has 0 aromatic heterocycles. The Hall–Kier alpha value is -2.55. The van der Waals surface area contributed by atoms with E-state index >= 15 is 0 Å². The van der Waals surface area contributed by atoms with Gasteiger partial charge in [-0.15, -0.1) is 10.2 Å². The number of carboxylic acids is 1. The van der Waals surface area contributed by atoms with E-state index in [1.165, 1.54) is 24.5 Å². The molecule has 2 unspecified atom stereocenters. The van der Waals surface area contributed by atoms with Crippen molar-refractivity contribution in [2.24, 2.45) is 25.7 Å². The number of nitrogens with two attached hydrogens (primary N) is 1. The van der Waals surface area contributed by atoms with E-state index in [-0.39, 0.29) is 22.3 Å². The average Bonchev–Trinajstić information content (AvgIpc) is 3.41. The summed E-state index contributed by atoms with van der Waals surface area (Å²) in [5.74, 6) is -3.62. The zero-order valence-corrected chi connectivity index (χ0v) is 18.7. The Labute approximate surface area is 185 Å². The molecule has 15 heteroatoms. The Morgan fingerprint density at radius 3 is 2.00 bits per heavy atom. The van der Waals surface area contributed by atoms with Crippen molar-refractivity contribution >= 4 is 21.6 Å². The van der Waals surface area contributed by atoms with Gasteiger partial charge < -0.3 is 10.8 Å². The molecule has 1 aliphatic heterocycles. The molecule has 1 aromatic rings. The number of carbonyl (C=O) groups excluding carboxylic acids is 1. The molecule has 1 aromatic carbocycles. The van der Waals surface area contributed by atoms with E-state index in [0.717, 1.165) is 6.07 Å². The lowest BCUT2D eigenvalue weighted by molar-refractivity contribution is -0.192. The first-order chi connectivity index (χ1) is 14.6. The summed E-state index contributed by atoms with van der Waals surface area (Å²) >= 11 is 0. The summed E-state index contributed by atoms with van der Waals surface area (Å²) in [6, 6.07) is 4.34. The second-order valence-corrected chi connectivity index (χ2v) is 10.7. The van der Waals surface area contributed by atoms with Crippen LogP contribution in [0.15, 0.2) is 38.9 Å². The van der Waals surface area contributed by atoms with Crippen LogP contribution in [0.25, 0.3) is 0 Å². The molecule has 0 spiro atoms. The number of carbonyl (C=O) groups is 2. The zero-order valence-electron chi connectivity index (χ0n) is 17.9. The monoisotopic (exact) mass is 504 g/mol. The molecule has 2 rings (SSSR count). The first kappa shape index (κ1) is 28.5. The summed E-state index contributed by atoms with van der Waals surface area (Å²) < 4.78 is 87.3. The number of alkyl halides is 6. The fourth-order valence-corrected chi connectivity index (χ4v) is 3.86. The average molecular weight is 504 g/mol. The number of aliphatic carboxylic acids is 1. The molecule has 3 N–H and O–H groups in total. The van der Waals surface area contributed by atoms with Gasteiger partial charge in [0.15, 0.2) is 0 Å². The maximum atomic E-state index is 13.1. The summed E-state index contributed by atoms with van der Waals surface area (Å²) in [6.07, 6.45) is -8.47. The number of hydrogen-bond donors (Lipinski definition) is 2. The SMILES string of the molecule is CC(C)(C)C(N)CS(C)(=O)=NC(=O)c1cccc(C2(C(F)(F)F)N=N2)c1.O=C(O)C(F)(F)F. The van der Waals surface area contributed by atoms with Crippen molar-refractivity contribution in [3.8, 4) is 0 Å². The van der Waals surface area contributed by atoms with Gasteiger partial charge >= 0.3 is 24.0 Å². The van der Waals surface area contributed by atoms with Gasteiger partial charge in [-0.1, -0.05) is 32.9 Å². The van der Waals surface area contributed by atoms with Crippen molar-refractivity contribution in [1.82, 2.24) is 0 Å². The molecule has 1 amide bonds. The summed E-state index contributed by atoms with van der Waals surface area (Å²) in [5.41, 5.74) is 2.65. The Balaban J connectivity index is 0.000000675. The van der Waals surface area contributed by atoms with Crippen LogP contribution in [0.1, 0.15) is 36.7 Å². The van der Waals surface area contributed by atoms with E-state index < -0.39 is 45.7 Å². The van der Waals surface area contributed by atoms with Crippen molar-refractivity contribution < 1.29 is 45.2 Å². The minimum absolute atomic E-state index is 0.000907. The topological polar surface area (TPSA) is 135 Å². The van der Waals surface area contributed by atoms with Gasteiger partial charge in [-0.25, -0.2) is 9.00 Å². The largest absolute Gasteiger partial charge is 0.490 e. The van der Waals surface area contributed by atoms with Gasteiger partial charge in [0.1, 0.15) is 0 Å². The van der Waals surface area contributed by atoms with Gasteiger partial charge in [0.25, 0.3) is 5.91 Å². The highest BCUT2D eigenvalue weighted by Crippen LogP contribution is 2.52.